The molecule has 0 spiro atoms. The van der Waals surface area contributed by atoms with E-state index in [1.165, 1.54) is 0 Å². The molecule has 1 heterocycles. The zero-order chi connectivity index (χ0) is 8.32. The fourth-order valence-corrected chi connectivity index (χ4v) is 1.67. The molecule has 0 bridgehead atoms. The second kappa shape index (κ2) is 3.82. The van der Waals surface area contributed by atoms with E-state index < -0.39 is 0 Å². The summed E-state index contributed by atoms with van der Waals surface area (Å²) in [6.07, 6.45) is 2.63. The van der Waals surface area contributed by atoms with Crippen molar-refractivity contribution in [2.24, 2.45) is 5.73 Å². The molecule has 0 radical (unpaired) electrons. The first-order chi connectivity index (χ1) is 5.19. The van der Waals surface area contributed by atoms with Crippen LogP contribution in [0.25, 0.3) is 0 Å². The van der Waals surface area contributed by atoms with Gasteiger partial charge in [0.2, 0.25) is 0 Å². The van der Waals surface area contributed by atoms with E-state index in [4.69, 9.17) is 17.3 Å². The Morgan fingerprint density at radius 3 is 3.00 bits per heavy atom. The third-order valence-electron chi connectivity index (χ3n) is 1.83. The van der Waals surface area contributed by atoms with Gasteiger partial charge in [0.25, 0.3) is 0 Å². The van der Waals surface area contributed by atoms with Crippen LogP contribution in [-0.4, -0.2) is 18.0 Å². The lowest BCUT2D eigenvalue weighted by Gasteiger charge is -2.19. The number of hydrogen-bond donors (Lipinski definition) is 3. The molecule has 0 aliphatic carbocycles. The van der Waals surface area contributed by atoms with Gasteiger partial charge < -0.3 is 14.6 Å². The van der Waals surface area contributed by atoms with E-state index >= 15 is 0 Å². The number of nitrogens with two attached hydrogens (primary N) is 1. The van der Waals surface area contributed by atoms with E-state index in [0.29, 0.717) is 5.70 Å². The van der Waals surface area contributed by atoms with Gasteiger partial charge in [-0.1, -0.05) is 0 Å². The van der Waals surface area contributed by atoms with Crippen molar-refractivity contribution in [3.05, 3.63) is 11.9 Å². The van der Waals surface area contributed by atoms with Crippen molar-refractivity contribution in [2.45, 2.75) is 11.3 Å². The molecule has 1 aliphatic rings. The van der Waals surface area contributed by atoms with Gasteiger partial charge in [-0.2, -0.15) is 0 Å². The molecule has 0 aromatic carbocycles. The summed E-state index contributed by atoms with van der Waals surface area (Å²) in [4.78, 5) is -0.363. The molecule has 0 aromatic rings. The zero-order valence-electron chi connectivity index (χ0n) is 6.03. The van der Waals surface area contributed by atoms with Crippen molar-refractivity contribution < 1.29 is 0 Å². The number of hydrogen-bond acceptors (Lipinski definition) is 3. The summed E-state index contributed by atoms with van der Waals surface area (Å²) in [6.45, 7) is 1.70. The van der Waals surface area contributed by atoms with Crippen molar-refractivity contribution in [3.63, 3.8) is 0 Å². The molecule has 1 rings (SSSR count). The molecule has 1 unspecified atom stereocenters. The van der Waals surface area contributed by atoms with Crippen LogP contribution >= 0.6 is 34.5 Å². The maximum absolute atomic E-state index is 6.20. The summed E-state index contributed by atoms with van der Waals surface area (Å²) in [5.41, 5.74) is 6.45. The SMILES string of the molecule is N/C(=C\NI)C1(Cl)CCNC1. The quantitative estimate of drug-likeness (QED) is 0.398. The lowest BCUT2D eigenvalue weighted by atomic mass is 10.1. The minimum atomic E-state index is -0.363. The molecule has 1 saturated heterocycles. The van der Waals surface area contributed by atoms with Crippen LogP contribution in [0, 0.1) is 0 Å². The van der Waals surface area contributed by atoms with Gasteiger partial charge in [-0.15, -0.1) is 11.6 Å². The number of rotatable bonds is 2. The van der Waals surface area contributed by atoms with Crippen LogP contribution in [0.15, 0.2) is 11.9 Å². The van der Waals surface area contributed by atoms with Crippen LogP contribution in [0.1, 0.15) is 6.42 Å². The highest BCUT2D eigenvalue weighted by Crippen LogP contribution is 2.28. The Morgan fingerprint density at radius 2 is 2.55 bits per heavy atom. The average Bonchev–Trinajstić information content (AvgIpc) is 2.38. The Morgan fingerprint density at radius 1 is 1.82 bits per heavy atom. The van der Waals surface area contributed by atoms with Gasteiger partial charge >= 0.3 is 0 Å². The molecule has 1 atom stereocenters. The molecular formula is C6H11ClIN3. The molecule has 11 heavy (non-hydrogen) atoms. The molecule has 64 valence electrons. The summed E-state index contributed by atoms with van der Waals surface area (Å²) >= 11 is 8.21. The van der Waals surface area contributed by atoms with Gasteiger partial charge in [-0.05, 0) is 13.0 Å². The Balaban J connectivity index is 2.63. The Hall–Kier alpha value is 0.320. The largest absolute Gasteiger partial charge is 0.399 e. The standard InChI is InChI=1S/C6H11ClIN3/c7-6(1-2-10-4-6)5(9)3-11-8/h3,10-11H,1-2,4,9H2/b5-3-. The minimum Gasteiger partial charge on any atom is -0.399 e. The third-order valence-corrected chi connectivity index (χ3v) is 2.68. The van der Waals surface area contributed by atoms with E-state index in [0.717, 1.165) is 19.5 Å². The lowest BCUT2D eigenvalue weighted by molar-refractivity contribution is 0.713. The summed E-state index contributed by atoms with van der Waals surface area (Å²) in [5.74, 6) is 0. The van der Waals surface area contributed by atoms with E-state index in [-0.39, 0.29) is 4.87 Å². The number of halogens is 2. The molecule has 0 amide bonds. The maximum atomic E-state index is 6.20. The normalized spacial score (nSPS) is 32.4. The highest BCUT2D eigenvalue weighted by atomic mass is 127. The highest BCUT2D eigenvalue weighted by molar-refractivity contribution is 14.1. The Bertz CT molecular complexity index is 165. The fourth-order valence-electron chi connectivity index (χ4n) is 1.10. The molecule has 5 heteroatoms. The van der Waals surface area contributed by atoms with Gasteiger partial charge in [-0.3, -0.25) is 0 Å². The molecule has 0 aromatic heterocycles. The van der Waals surface area contributed by atoms with Crippen LogP contribution in [0.5, 0.6) is 0 Å². The second-order valence-corrected chi connectivity index (χ2v) is 3.95. The predicted molar refractivity (Wildman–Crippen MR) is 55.5 cm³/mol. The predicted octanol–water partition coefficient (Wildman–Crippen LogP) is 0.697. The summed E-state index contributed by atoms with van der Waals surface area (Å²) in [7, 11) is 0. The first-order valence-electron chi connectivity index (χ1n) is 3.41. The third kappa shape index (κ3) is 2.13. The first kappa shape index (κ1) is 9.41. The number of alkyl halides is 1. The van der Waals surface area contributed by atoms with Crippen LogP contribution in [0.3, 0.4) is 0 Å². The smallest absolute Gasteiger partial charge is 0.0988 e. The van der Waals surface area contributed by atoms with Crippen molar-refractivity contribution in [1.29, 1.82) is 0 Å². The number of nitrogens with one attached hydrogen (secondary N) is 2. The van der Waals surface area contributed by atoms with E-state index in [2.05, 4.69) is 8.85 Å². The molecule has 0 saturated carbocycles. The second-order valence-electron chi connectivity index (χ2n) is 2.60. The van der Waals surface area contributed by atoms with Crippen LogP contribution in [0.4, 0.5) is 0 Å². The van der Waals surface area contributed by atoms with E-state index in [1.807, 2.05) is 22.9 Å². The molecule has 1 fully saturated rings. The molecule has 1 aliphatic heterocycles. The average molecular weight is 288 g/mol. The van der Waals surface area contributed by atoms with Crippen LogP contribution in [0.2, 0.25) is 0 Å². The minimum absolute atomic E-state index is 0.363. The highest BCUT2D eigenvalue weighted by Gasteiger charge is 2.33. The first-order valence-corrected chi connectivity index (χ1v) is 4.86. The summed E-state index contributed by atoms with van der Waals surface area (Å²) in [5, 5.41) is 3.17. The van der Waals surface area contributed by atoms with Gasteiger partial charge in [0, 0.05) is 18.4 Å². The van der Waals surface area contributed by atoms with Crippen LogP contribution in [-0.2, 0) is 0 Å². The van der Waals surface area contributed by atoms with Crippen molar-refractivity contribution in [3.8, 4) is 0 Å². The molecule has 4 N–H and O–H groups in total. The Labute approximate surface area is 85.2 Å². The van der Waals surface area contributed by atoms with Crippen molar-refractivity contribution in [1.82, 2.24) is 8.85 Å². The van der Waals surface area contributed by atoms with Gasteiger partial charge in [0.1, 0.15) is 0 Å². The van der Waals surface area contributed by atoms with Crippen molar-refractivity contribution >= 4 is 34.5 Å². The monoisotopic (exact) mass is 287 g/mol. The van der Waals surface area contributed by atoms with Crippen molar-refractivity contribution in [2.75, 3.05) is 13.1 Å². The lowest BCUT2D eigenvalue weighted by Crippen LogP contribution is -2.32. The summed E-state index contributed by atoms with van der Waals surface area (Å²) in [6, 6.07) is 0. The van der Waals surface area contributed by atoms with Gasteiger partial charge in [0.15, 0.2) is 0 Å². The molecule has 3 nitrogen and oxygen atoms in total. The zero-order valence-corrected chi connectivity index (χ0v) is 8.95. The summed E-state index contributed by atoms with van der Waals surface area (Å²) < 4.78 is 2.84. The Kier molecular flexibility index (Phi) is 3.27. The van der Waals surface area contributed by atoms with E-state index in [9.17, 15) is 0 Å². The fraction of sp³-hybridized carbons (Fsp3) is 0.667. The topological polar surface area (TPSA) is 50.1 Å². The van der Waals surface area contributed by atoms with Gasteiger partial charge in [-0.25, -0.2) is 0 Å². The maximum Gasteiger partial charge on any atom is 0.0988 e. The van der Waals surface area contributed by atoms with E-state index in [1.54, 1.807) is 6.20 Å². The van der Waals surface area contributed by atoms with Crippen LogP contribution < -0.4 is 14.6 Å². The molecular weight excluding hydrogens is 276 g/mol. The van der Waals surface area contributed by atoms with Gasteiger partial charge in [0.05, 0.1) is 27.7 Å².